The van der Waals surface area contributed by atoms with E-state index >= 15 is 0 Å². The monoisotopic (exact) mass is 237 g/mol. The number of nitrogen functional groups attached to an aromatic ring is 1. The summed E-state index contributed by atoms with van der Waals surface area (Å²) in [5.74, 6) is 1.33. The van der Waals surface area contributed by atoms with Crippen molar-refractivity contribution in [3.63, 3.8) is 0 Å². The van der Waals surface area contributed by atoms with Crippen LogP contribution < -0.4 is 11.1 Å². The van der Waals surface area contributed by atoms with Crippen LogP contribution in [0.4, 0.5) is 17.3 Å². The van der Waals surface area contributed by atoms with Crippen molar-refractivity contribution in [3.8, 4) is 0 Å². The van der Waals surface area contributed by atoms with E-state index in [2.05, 4.69) is 22.2 Å². The molecule has 1 aliphatic carbocycles. The van der Waals surface area contributed by atoms with Gasteiger partial charge in [-0.15, -0.1) is 0 Å². The molecule has 2 rings (SSSR count). The lowest BCUT2D eigenvalue weighted by Crippen LogP contribution is -2.15. The number of hydrogen-bond donors (Lipinski definition) is 2. The van der Waals surface area contributed by atoms with Crippen LogP contribution in [0.2, 0.25) is 0 Å². The van der Waals surface area contributed by atoms with Crippen molar-refractivity contribution in [2.24, 2.45) is 11.8 Å². The van der Waals surface area contributed by atoms with Gasteiger partial charge in [0, 0.05) is 6.54 Å². The fourth-order valence-electron chi connectivity index (χ4n) is 1.79. The van der Waals surface area contributed by atoms with Crippen LogP contribution in [-0.4, -0.2) is 21.4 Å². The van der Waals surface area contributed by atoms with E-state index < -0.39 is 4.92 Å². The molecule has 1 aromatic rings. The van der Waals surface area contributed by atoms with E-state index in [0.29, 0.717) is 12.5 Å². The van der Waals surface area contributed by atoms with Crippen LogP contribution in [0.1, 0.15) is 19.8 Å². The maximum Gasteiger partial charge on any atom is 0.352 e. The predicted molar refractivity (Wildman–Crippen MR) is 63.5 cm³/mol. The molecular weight excluding hydrogens is 222 g/mol. The summed E-state index contributed by atoms with van der Waals surface area (Å²) in [6.07, 6.45) is 3.72. The zero-order chi connectivity index (χ0) is 12.4. The van der Waals surface area contributed by atoms with Crippen molar-refractivity contribution in [3.05, 3.63) is 16.4 Å². The van der Waals surface area contributed by atoms with Gasteiger partial charge in [0.25, 0.3) is 0 Å². The van der Waals surface area contributed by atoms with Gasteiger partial charge >= 0.3 is 5.69 Å². The first-order valence-electron chi connectivity index (χ1n) is 5.58. The summed E-state index contributed by atoms with van der Waals surface area (Å²) in [5.41, 5.74) is 5.23. The summed E-state index contributed by atoms with van der Waals surface area (Å²) in [7, 11) is 0. The van der Waals surface area contributed by atoms with Gasteiger partial charge in [-0.1, -0.05) is 6.92 Å². The quantitative estimate of drug-likeness (QED) is 0.592. The third-order valence-electron chi connectivity index (χ3n) is 3.05. The van der Waals surface area contributed by atoms with Crippen LogP contribution in [0.5, 0.6) is 0 Å². The Hall–Kier alpha value is -1.92. The van der Waals surface area contributed by atoms with Crippen LogP contribution in [0.15, 0.2) is 6.33 Å². The molecule has 0 spiro atoms. The molecule has 17 heavy (non-hydrogen) atoms. The molecule has 0 aliphatic heterocycles. The number of hydrogen-bond acceptors (Lipinski definition) is 6. The van der Waals surface area contributed by atoms with Gasteiger partial charge in [0.2, 0.25) is 11.6 Å². The van der Waals surface area contributed by atoms with Crippen LogP contribution in [0.3, 0.4) is 0 Å². The number of nitrogens with one attached hydrogen (secondary N) is 1. The highest BCUT2D eigenvalue weighted by atomic mass is 16.6. The zero-order valence-electron chi connectivity index (χ0n) is 9.59. The Morgan fingerprint density at radius 3 is 2.94 bits per heavy atom. The van der Waals surface area contributed by atoms with Gasteiger partial charge in [-0.2, -0.15) is 0 Å². The molecule has 1 saturated carbocycles. The molecule has 1 heterocycles. The molecule has 1 aromatic heterocycles. The third kappa shape index (κ3) is 2.61. The molecule has 7 heteroatoms. The highest BCUT2D eigenvalue weighted by Gasteiger charge is 2.28. The number of nitro groups is 1. The summed E-state index contributed by atoms with van der Waals surface area (Å²) in [6, 6.07) is 0. The van der Waals surface area contributed by atoms with Gasteiger partial charge in [0.15, 0.2) is 0 Å². The molecule has 1 aliphatic rings. The summed E-state index contributed by atoms with van der Waals surface area (Å²) in [4.78, 5) is 17.8. The number of anilines is 2. The highest BCUT2D eigenvalue weighted by Crippen LogP contribution is 2.37. The van der Waals surface area contributed by atoms with E-state index in [1.165, 1.54) is 19.2 Å². The van der Waals surface area contributed by atoms with Crippen molar-refractivity contribution < 1.29 is 4.92 Å². The van der Waals surface area contributed by atoms with E-state index in [4.69, 9.17) is 5.73 Å². The molecule has 92 valence electrons. The third-order valence-corrected chi connectivity index (χ3v) is 3.05. The van der Waals surface area contributed by atoms with Crippen molar-refractivity contribution in [2.75, 3.05) is 17.6 Å². The number of aromatic nitrogens is 2. The van der Waals surface area contributed by atoms with Crippen molar-refractivity contribution in [1.29, 1.82) is 0 Å². The Bertz CT molecular complexity index is 433. The summed E-state index contributed by atoms with van der Waals surface area (Å²) >= 11 is 0. The molecule has 1 unspecified atom stereocenters. The van der Waals surface area contributed by atoms with Crippen molar-refractivity contribution >= 4 is 17.3 Å². The predicted octanol–water partition coefficient (Wildman–Crippen LogP) is 1.43. The SMILES string of the molecule is CC(CNc1ncnc(N)c1[N+](=O)[O-])C1CC1. The van der Waals surface area contributed by atoms with Crippen LogP contribution in [0, 0.1) is 22.0 Å². The molecule has 1 atom stereocenters. The van der Waals surface area contributed by atoms with E-state index in [9.17, 15) is 10.1 Å². The topological polar surface area (TPSA) is 107 Å². The maximum absolute atomic E-state index is 10.8. The second-order valence-electron chi connectivity index (χ2n) is 4.41. The van der Waals surface area contributed by atoms with Crippen LogP contribution >= 0.6 is 0 Å². The minimum Gasteiger partial charge on any atom is -0.378 e. The molecule has 0 amide bonds. The highest BCUT2D eigenvalue weighted by molar-refractivity contribution is 5.67. The molecule has 0 saturated heterocycles. The Kier molecular flexibility index (Phi) is 3.08. The van der Waals surface area contributed by atoms with Gasteiger partial charge in [0.1, 0.15) is 6.33 Å². The van der Waals surface area contributed by atoms with Crippen LogP contribution in [0.25, 0.3) is 0 Å². The average Bonchev–Trinajstić information content (AvgIpc) is 3.08. The van der Waals surface area contributed by atoms with Gasteiger partial charge in [-0.05, 0) is 24.7 Å². The standard InChI is InChI=1S/C10H15N5O2/c1-6(7-2-3-7)4-12-10-8(15(16)17)9(11)13-5-14-10/h5-7H,2-4H2,1H3,(H3,11,12,13,14). The Morgan fingerprint density at radius 2 is 2.35 bits per heavy atom. The van der Waals surface area contributed by atoms with Gasteiger partial charge in [-0.3, -0.25) is 10.1 Å². The first-order chi connectivity index (χ1) is 8.09. The van der Waals surface area contributed by atoms with Gasteiger partial charge in [0.05, 0.1) is 4.92 Å². The molecule has 3 N–H and O–H groups in total. The number of nitrogens with zero attached hydrogens (tertiary/aromatic N) is 3. The van der Waals surface area contributed by atoms with E-state index in [-0.39, 0.29) is 17.3 Å². The second kappa shape index (κ2) is 4.52. The first-order valence-corrected chi connectivity index (χ1v) is 5.58. The molecule has 1 fully saturated rings. The fourth-order valence-corrected chi connectivity index (χ4v) is 1.79. The van der Waals surface area contributed by atoms with E-state index in [0.717, 1.165) is 5.92 Å². The molecule has 0 aromatic carbocycles. The van der Waals surface area contributed by atoms with Gasteiger partial charge in [-0.25, -0.2) is 9.97 Å². The fraction of sp³-hybridized carbons (Fsp3) is 0.600. The molecular formula is C10H15N5O2. The minimum absolute atomic E-state index is 0.105. The summed E-state index contributed by atoms with van der Waals surface area (Å²) in [5, 5.41) is 13.8. The van der Waals surface area contributed by atoms with Crippen molar-refractivity contribution in [2.45, 2.75) is 19.8 Å². The molecule has 0 radical (unpaired) electrons. The normalized spacial score (nSPS) is 16.5. The lowest BCUT2D eigenvalue weighted by molar-refractivity contribution is -0.383. The number of rotatable bonds is 5. The Labute approximate surface area is 98.6 Å². The van der Waals surface area contributed by atoms with E-state index in [1.807, 2.05) is 0 Å². The van der Waals surface area contributed by atoms with Crippen LogP contribution in [-0.2, 0) is 0 Å². The minimum atomic E-state index is -0.556. The maximum atomic E-state index is 10.8. The second-order valence-corrected chi connectivity index (χ2v) is 4.41. The first kappa shape index (κ1) is 11.6. The average molecular weight is 237 g/mol. The van der Waals surface area contributed by atoms with Crippen molar-refractivity contribution in [1.82, 2.24) is 9.97 Å². The van der Waals surface area contributed by atoms with E-state index in [1.54, 1.807) is 0 Å². The smallest absolute Gasteiger partial charge is 0.352 e. The zero-order valence-corrected chi connectivity index (χ0v) is 9.59. The number of nitrogens with two attached hydrogens (primary N) is 1. The van der Waals surface area contributed by atoms with Gasteiger partial charge < -0.3 is 11.1 Å². The lowest BCUT2D eigenvalue weighted by atomic mass is 10.1. The summed E-state index contributed by atoms with van der Waals surface area (Å²) < 4.78 is 0. The molecule has 0 bridgehead atoms. The Morgan fingerprint density at radius 1 is 1.65 bits per heavy atom. The molecule has 7 nitrogen and oxygen atoms in total. The summed E-state index contributed by atoms with van der Waals surface area (Å²) in [6.45, 7) is 2.79. The largest absolute Gasteiger partial charge is 0.378 e. The Balaban J connectivity index is 2.08. The lowest BCUT2D eigenvalue weighted by Gasteiger charge is -2.11.